The van der Waals surface area contributed by atoms with Crippen molar-refractivity contribution >= 4 is 39.4 Å². The van der Waals surface area contributed by atoms with Crippen molar-refractivity contribution in [3.8, 4) is 22.6 Å². The number of hydrogen-bond donors (Lipinski definition) is 4. The van der Waals surface area contributed by atoms with Gasteiger partial charge in [0.1, 0.15) is 11.5 Å². The Labute approximate surface area is 218 Å². The first kappa shape index (κ1) is 26.6. The third-order valence-corrected chi connectivity index (χ3v) is 7.16. The van der Waals surface area contributed by atoms with Crippen LogP contribution in [0.15, 0.2) is 24.4 Å². The van der Waals surface area contributed by atoms with Crippen LogP contribution in [0, 0.1) is 5.82 Å². The van der Waals surface area contributed by atoms with Crippen LogP contribution in [0.2, 0.25) is 5.02 Å². The topological polar surface area (TPSA) is 151 Å². The van der Waals surface area contributed by atoms with Gasteiger partial charge in [-0.1, -0.05) is 11.6 Å². The number of nitrogens with zero attached hydrogens (tertiary/aromatic N) is 3. The summed E-state index contributed by atoms with van der Waals surface area (Å²) in [6, 6.07) is 4.00. The number of aromatic nitrogens is 4. The van der Waals surface area contributed by atoms with E-state index in [9.17, 15) is 13.2 Å². The number of imidazole rings is 1. The number of hydrogen-bond acceptors (Lipinski definition) is 8. The molecule has 1 fully saturated rings. The van der Waals surface area contributed by atoms with E-state index in [4.69, 9.17) is 11.6 Å². The van der Waals surface area contributed by atoms with Crippen molar-refractivity contribution in [1.82, 2.24) is 25.3 Å². The maximum atomic E-state index is 15.6. The quantitative estimate of drug-likeness (QED) is 0.294. The Morgan fingerprint density at radius 1 is 1.32 bits per heavy atom. The van der Waals surface area contributed by atoms with E-state index in [1.165, 1.54) is 26.2 Å². The van der Waals surface area contributed by atoms with Crippen molar-refractivity contribution in [2.45, 2.75) is 38.6 Å². The fourth-order valence-electron chi connectivity index (χ4n) is 3.54. The van der Waals surface area contributed by atoms with Gasteiger partial charge < -0.3 is 20.4 Å². The van der Waals surface area contributed by atoms with Crippen molar-refractivity contribution in [3.05, 3.63) is 41.1 Å². The molecule has 1 aromatic carbocycles. The lowest BCUT2D eigenvalue weighted by molar-refractivity contribution is 0.168. The minimum atomic E-state index is -3.74. The van der Waals surface area contributed by atoms with Crippen LogP contribution in [-0.2, 0) is 14.8 Å². The molecule has 11 nitrogen and oxygen atoms in total. The molecule has 0 unspecified atom stereocenters. The molecule has 2 heterocycles. The van der Waals surface area contributed by atoms with E-state index in [2.05, 4.69) is 40.0 Å². The lowest BCUT2D eigenvalue weighted by Crippen LogP contribution is -2.37. The summed E-state index contributed by atoms with van der Waals surface area (Å²) in [5, 5.41) is 5.83. The average Bonchev–Trinajstić information content (AvgIpc) is 3.63. The Morgan fingerprint density at radius 2 is 2.08 bits per heavy atom. The number of rotatable bonds is 10. The number of methoxy groups -OCH3 is 1. The Hall–Kier alpha value is -3.45. The van der Waals surface area contributed by atoms with E-state index in [1.54, 1.807) is 19.2 Å². The number of alkyl carbamates (subject to hydrolysis) is 1. The first-order chi connectivity index (χ1) is 17.6. The highest BCUT2D eigenvalue weighted by molar-refractivity contribution is 7.92. The van der Waals surface area contributed by atoms with Gasteiger partial charge in [0.15, 0.2) is 5.82 Å². The second-order valence-corrected chi connectivity index (χ2v) is 11.1. The standard InChI is InChI=1S/C23H27ClFN7O4S/c1-4-37(34,35)32-17-10-14(24)9-15(18(17)25)19-20(31-21(30-19)13-5-6-13)16-7-8-26-22(29-16)27-11-12(2)28-23(33)36-3/h7-10,12-13,32H,4-6,11H2,1-3H3,(H,28,33)(H,30,31)(H,26,27,29)/t12-/m0/s1. The van der Waals surface area contributed by atoms with Crippen molar-refractivity contribution < 1.29 is 22.3 Å². The average molecular weight is 552 g/mol. The number of carbonyl (C=O) groups is 1. The van der Waals surface area contributed by atoms with Crippen LogP contribution in [0.1, 0.15) is 38.4 Å². The molecular formula is C23H27ClFN7O4S. The predicted molar refractivity (Wildman–Crippen MR) is 139 cm³/mol. The highest BCUT2D eigenvalue weighted by atomic mass is 35.5. The number of halogens is 2. The lowest BCUT2D eigenvalue weighted by atomic mass is 10.1. The molecule has 0 spiro atoms. The third kappa shape index (κ3) is 6.46. The van der Waals surface area contributed by atoms with E-state index < -0.39 is 21.9 Å². The number of sulfonamides is 1. The summed E-state index contributed by atoms with van der Waals surface area (Å²) >= 11 is 6.25. The molecule has 4 rings (SSSR count). The molecule has 3 aromatic rings. The first-order valence-corrected chi connectivity index (χ1v) is 13.6. The third-order valence-electron chi connectivity index (χ3n) is 5.65. The van der Waals surface area contributed by atoms with Gasteiger partial charge in [0.05, 0.1) is 29.9 Å². The van der Waals surface area contributed by atoms with Gasteiger partial charge in [-0.05, 0) is 44.9 Å². The Balaban J connectivity index is 1.70. The fraction of sp³-hybridized carbons (Fsp3) is 0.391. The fourth-order valence-corrected chi connectivity index (χ4v) is 4.38. The van der Waals surface area contributed by atoms with Crippen molar-refractivity contribution in [2.24, 2.45) is 0 Å². The molecule has 14 heteroatoms. The molecule has 1 aliphatic rings. The van der Waals surface area contributed by atoms with Gasteiger partial charge in [0.25, 0.3) is 0 Å². The number of nitrogens with one attached hydrogen (secondary N) is 4. The van der Waals surface area contributed by atoms with Crippen LogP contribution in [0.5, 0.6) is 0 Å². The van der Waals surface area contributed by atoms with Crippen LogP contribution < -0.4 is 15.4 Å². The molecule has 37 heavy (non-hydrogen) atoms. The number of benzene rings is 1. The Morgan fingerprint density at radius 3 is 2.76 bits per heavy atom. The molecule has 4 N–H and O–H groups in total. The van der Waals surface area contributed by atoms with Gasteiger partial charge >= 0.3 is 6.09 Å². The Kier molecular flexibility index (Phi) is 7.83. The molecular weight excluding hydrogens is 525 g/mol. The van der Waals surface area contributed by atoms with Crippen LogP contribution in [0.3, 0.4) is 0 Å². The van der Waals surface area contributed by atoms with Crippen LogP contribution in [0.4, 0.5) is 20.8 Å². The lowest BCUT2D eigenvalue weighted by Gasteiger charge is -2.14. The number of carbonyl (C=O) groups excluding carboxylic acids is 1. The van der Waals surface area contributed by atoms with E-state index in [1.807, 2.05) is 0 Å². The summed E-state index contributed by atoms with van der Waals surface area (Å²) in [6.07, 6.45) is 2.89. The largest absolute Gasteiger partial charge is 0.453 e. The van der Waals surface area contributed by atoms with Gasteiger partial charge in [-0.25, -0.2) is 32.6 Å². The first-order valence-electron chi connectivity index (χ1n) is 11.6. The molecule has 0 saturated heterocycles. The van der Waals surface area contributed by atoms with Crippen LogP contribution >= 0.6 is 11.6 Å². The minimum absolute atomic E-state index is 0.0310. The number of amides is 1. The molecule has 0 bridgehead atoms. The van der Waals surface area contributed by atoms with Crippen molar-refractivity contribution in [3.63, 3.8) is 0 Å². The molecule has 1 atom stereocenters. The summed E-state index contributed by atoms with van der Waals surface area (Å²) in [5.74, 6) is 0.166. The number of aromatic amines is 1. The SMILES string of the molecule is CCS(=O)(=O)Nc1cc(Cl)cc(-c2nc(C3CC3)[nH]c2-c2ccnc(NC[C@H](C)NC(=O)OC)n2)c1F. The van der Waals surface area contributed by atoms with E-state index in [-0.39, 0.29) is 45.6 Å². The van der Waals surface area contributed by atoms with Crippen molar-refractivity contribution in [1.29, 1.82) is 0 Å². The van der Waals surface area contributed by atoms with Gasteiger partial charge in [-0.3, -0.25) is 4.72 Å². The zero-order chi connectivity index (χ0) is 26.7. The summed E-state index contributed by atoms with van der Waals surface area (Å²) < 4.78 is 46.6. The van der Waals surface area contributed by atoms with E-state index in [0.29, 0.717) is 23.8 Å². The van der Waals surface area contributed by atoms with Gasteiger partial charge in [-0.15, -0.1) is 0 Å². The number of H-pyrrole nitrogens is 1. The molecule has 198 valence electrons. The highest BCUT2D eigenvalue weighted by Gasteiger charge is 2.30. The molecule has 1 aliphatic carbocycles. The summed E-state index contributed by atoms with van der Waals surface area (Å²) in [5.41, 5.74) is 0.908. The summed E-state index contributed by atoms with van der Waals surface area (Å²) in [4.78, 5) is 28.1. The molecule has 1 amide bonds. The second kappa shape index (κ2) is 10.9. The molecule has 0 radical (unpaired) electrons. The predicted octanol–water partition coefficient (Wildman–Crippen LogP) is 4.12. The second-order valence-electron chi connectivity index (χ2n) is 8.62. The molecule has 1 saturated carbocycles. The maximum Gasteiger partial charge on any atom is 0.407 e. The maximum absolute atomic E-state index is 15.6. The van der Waals surface area contributed by atoms with Crippen LogP contribution in [-0.4, -0.2) is 59.9 Å². The molecule has 2 aromatic heterocycles. The highest BCUT2D eigenvalue weighted by Crippen LogP contribution is 2.43. The van der Waals surface area contributed by atoms with E-state index in [0.717, 1.165) is 12.8 Å². The van der Waals surface area contributed by atoms with Crippen LogP contribution in [0.25, 0.3) is 22.6 Å². The number of anilines is 2. The Bertz CT molecular complexity index is 1410. The molecule has 0 aliphatic heterocycles. The minimum Gasteiger partial charge on any atom is -0.453 e. The summed E-state index contributed by atoms with van der Waals surface area (Å²) in [6.45, 7) is 3.56. The smallest absolute Gasteiger partial charge is 0.407 e. The van der Waals surface area contributed by atoms with Crippen molar-refractivity contribution in [2.75, 3.05) is 29.4 Å². The van der Waals surface area contributed by atoms with Gasteiger partial charge in [0.2, 0.25) is 16.0 Å². The van der Waals surface area contributed by atoms with Gasteiger partial charge in [-0.2, -0.15) is 0 Å². The zero-order valence-electron chi connectivity index (χ0n) is 20.4. The monoisotopic (exact) mass is 551 g/mol. The normalized spacial score (nSPS) is 14.2. The van der Waals surface area contributed by atoms with Gasteiger partial charge in [0, 0.05) is 35.3 Å². The summed E-state index contributed by atoms with van der Waals surface area (Å²) in [7, 11) is -2.46. The van der Waals surface area contributed by atoms with E-state index >= 15 is 4.39 Å². The zero-order valence-corrected chi connectivity index (χ0v) is 22.0. The number of ether oxygens (including phenoxy) is 1.